The fraction of sp³-hybridized carbons (Fsp3) is 0.385. The predicted molar refractivity (Wildman–Crippen MR) is 67.5 cm³/mol. The Labute approximate surface area is 107 Å². The van der Waals surface area contributed by atoms with E-state index in [1.54, 1.807) is 25.2 Å². The number of rotatable bonds is 5. The van der Waals surface area contributed by atoms with Gasteiger partial charge in [-0.2, -0.15) is 5.26 Å². The van der Waals surface area contributed by atoms with Crippen molar-refractivity contribution in [2.24, 2.45) is 5.73 Å². The lowest BCUT2D eigenvalue weighted by Gasteiger charge is -2.22. The van der Waals surface area contributed by atoms with Gasteiger partial charge in [-0.3, -0.25) is 4.79 Å². The summed E-state index contributed by atoms with van der Waals surface area (Å²) in [5.74, 6) is -0.164. The van der Waals surface area contributed by atoms with E-state index < -0.39 is 6.10 Å². The maximum Gasteiger partial charge on any atom is 0.253 e. The molecule has 1 aromatic rings. The van der Waals surface area contributed by atoms with E-state index in [1.807, 2.05) is 6.07 Å². The van der Waals surface area contributed by atoms with E-state index in [4.69, 9.17) is 15.7 Å². The van der Waals surface area contributed by atoms with Gasteiger partial charge in [0.25, 0.3) is 5.91 Å². The highest BCUT2D eigenvalue weighted by molar-refractivity contribution is 5.80. The van der Waals surface area contributed by atoms with Gasteiger partial charge in [0.2, 0.25) is 0 Å². The number of hydrogen-bond acceptors (Lipinski definition) is 4. The summed E-state index contributed by atoms with van der Waals surface area (Å²) in [4.78, 5) is 13.5. The first-order valence-corrected chi connectivity index (χ1v) is 5.59. The molecule has 0 saturated heterocycles. The zero-order valence-corrected chi connectivity index (χ0v) is 10.6. The number of benzene rings is 1. The van der Waals surface area contributed by atoms with Crippen LogP contribution in [-0.2, 0) is 16.1 Å². The molecule has 0 bridgehead atoms. The maximum absolute atomic E-state index is 11.9. The SMILES string of the molecule is COC(CN)C(=O)N(C)Cc1cccc(C#N)c1. The van der Waals surface area contributed by atoms with E-state index in [1.165, 1.54) is 12.0 Å². The van der Waals surface area contributed by atoms with Crippen molar-refractivity contribution >= 4 is 5.91 Å². The van der Waals surface area contributed by atoms with Gasteiger partial charge in [-0.1, -0.05) is 12.1 Å². The lowest BCUT2D eigenvalue weighted by molar-refractivity contribution is -0.140. The molecule has 0 aliphatic heterocycles. The smallest absolute Gasteiger partial charge is 0.253 e. The van der Waals surface area contributed by atoms with Gasteiger partial charge >= 0.3 is 0 Å². The number of likely N-dealkylation sites (N-methyl/N-ethyl adjacent to an activating group) is 1. The molecule has 18 heavy (non-hydrogen) atoms. The molecule has 0 fully saturated rings. The Morgan fingerprint density at radius 1 is 1.61 bits per heavy atom. The number of ether oxygens (including phenoxy) is 1. The second kappa shape index (κ2) is 6.74. The number of nitrogens with two attached hydrogens (primary N) is 1. The van der Waals surface area contributed by atoms with E-state index >= 15 is 0 Å². The first kappa shape index (κ1) is 14.2. The molecule has 5 heteroatoms. The van der Waals surface area contributed by atoms with Crippen LogP contribution in [0.3, 0.4) is 0 Å². The van der Waals surface area contributed by atoms with E-state index in [0.717, 1.165) is 5.56 Å². The molecule has 0 aliphatic rings. The van der Waals surface area contributed by atoms with Gasteiger partial charge in [0.15, 0.2) is 0 Å². The molecule has 0 heterocycles. The average molecular weight is 247 g/mol. The highest BCUT2D eigenvalue weighted by atomic mass is 16.5. The largest absolute Gasteiger partial charge is 0.370 e. The quantitative estimate of drug-likeness (QED) is 0.821. The molecule has 1 unspecified atom stereocenters. The van der Waals surface area contributed by atoms with Crippen LogP contribution in [0.5, 0.6) is 0 Å². The summed E-state index contributed by atoms with van der Waals surface area (Å²) in [6.45, 7) is 0.576. The third-order valence-electron chi connectivity index (χ3n) is 2.63. The van der Waals surface area contributed by atoms with E-state index in [2.05, 4.69) is 6.07 Å². The molecule has 1 rings (SSSR count). The molecule has 5 nitrogen and oxygen atoms in total. The number of nitriles is 1. The summed E-state index contributed by atoms with van der Waals surface area (Å²) in [6.07, 6.45) is -0.617. The van der Waals surface area contributed by atoms with Crippen LogP contribution in [0.1, 0.15) is 11.1 Å². The molecule has 0 radical (unpaired) electrons. The summed E-state index contributed by atoms with van der Waals surface area (Å²) < 4.78 is 5.00. The van der Waals surface area contributed by atoms with Crippen LogP contribution < -0.4 is 5.73 Å². The number of amides is 1. The van der Waals surface area contributed by atoms with Crippen molar-refractivity contribution in [3.63, 3.8) is 0 Å². The van der Waals surface area contributed by atoms with Crippen molar-refractivity contribution < 1.29 is 9.53 Å². The van der Waals surface area contributed by atoms with Crippen molar-refractivity contribution in [2.75, 3.05) is 20.7 Å². The Bertz CT molecular complexity index is 450. The highest BCUT2D eigenvalue weighted by Gasteiger charge is 2.20. The van der Waals surface area contributed by atoms with Gasteiger partial charge in [-0.15, -0.1) is 0 Å². The molecule has 2 N–H and O–H groups in total. The van der Waals surface area contributed by atoms with Gasteiger partial charge in [0.1, 0.15) is 6.10 Å². The lowest BCUT2D eigenvalue weighted by atomic mass is 10.1. The normalized spacial score (nSPS) is 11.7. The zero-order chi connectivity index (χ0) is 13.5. The Balaban J connectivity index is 2.72. The molecule has 0 spiro atoms. The summed E-state index contributed by atoms with van der Waals surface area (Å²) in [7, 11) is 3.14. The van der Waals surface area contributed by atoms with Gasteiger partial charge < -0.3 is 15.4 Å². The van der Waals surface area contributed by atoms with Crippen LogP contribution in [0.2, 0.25) is 0 Å². The van der Waals surface area contributed by atoms with Crippen LogP contribution in [-0.4, -0.2) is 37.6 Å². The third kappa shape index (κ3) is 3.55. The minimum Gasteiger partial charge on any atom is -0.370 e. The average Bonchev–Trinajstić information content (AvgIpc) is 2.40. The molecule has 96 valence electrons. The Hall–Kier alpha value is -1.90. The van der Waals surface area contributed by atoms with Crippen LogP contribution >= 0.6 is 0 Å². The molecule has 1 aromatic carbocycles. The topological polar surface area (TPSA) is 79.3 Å². The Morgan fingerprint density at radius 2 is 2.33 bits per heavy atom. The van der Waals surface area contributed by atoms with E-state index in [9.17, 15) is 4.79 Å². The first-order valence-electron chi connectivity index (χ1n) is 5.59. The minimum atomic E-state index is -0.617. The van der Waals surface area contributed by atoms with E-state index in [-0.39, 0.29) is 12.5 Å². The summed E-state index contributed by atoms with van der Waals surface area (Å²) in [5.41, 5.74) is 6.92. The van der Waals surface area contributed by atoms with Crippen molar-refractivity contribution in [2.45, 2.75) is 12.6 Å². The molecular weight excluding hydrogens is 230 g/mol. The van der Waals surface area contributed by atoms with Crippen molar-refractivity contribution in [1.82, 2.24) is 4.90 Å². The second-order valence-corrected chi connectivity index (χ2v) is 3.97. The van der Waals surface area contributed by atoms with Crippen LogP contribution in [0.15, 0.2) is 24.3 Å². The molecule has 1 atom stereocenters. The summed E-state index contributed by atoms with van der Waals surface area (Å²) in [6, 6.07) is 9.21. The first-order chi connectivity index (χ1) is 8.62. The fourth-order valence-electron chi connectivity index (χ4n) is 1.63. The fourth-order valence-corrected chi connectivity index (χ4v) is 1.63. The van der Waals surface area contributed by atoms with Gasteiger partial charge in [-0.05, 0) is 17.7 Å². The molecular formula is C13H17N3O2. The molecule has 0 aromatic heterocycles. The molecule has 0 saturated carbocycles. The number of methoxy groups -OCH3 is 1. The van der Waals surface area contributed by atoms with Crippen LogP contribution in [0.4, 0.5) is 0 Å². The second-order valence-electron chi connectivity index (χ2n) is 3.97. The van der Waals surface area contributed by atoms with Gasteiger partial charge in [0.05, 0.1) is 11.6 Å². The van der Waals surface area contributed by atoms with Gasteiger partial charge in [-0.25, -0.2) is 0 Å². The number of hydrogen-bond donors (Lipinski definition) is 1. The number of nitrogens with zero attached hydrogens (tertiary/aromatic N) is 2. The third-order valence-corrected chi connectivity index (χ3v) is 2.63. The van der Waals surface area contributed by atoms with Crippen molar-refractivity contribution in [1.29, 1.82) is 5.26 Å². The lowest BCUT2D eigenvalue weighted by Crippen LogP contribution is -2.41. The van der Waals surface area contributed by atoms with Crippen LogP contribution in [0.25, 0.3) is 0 Å². The zero-order valence-electron chi connectivity index (χ0n) is 10.6. The predicted octanol–water partition coefficient (Wildman–Crippen LogP) is 0.490. The minimum absolute atomic E-state index is 0.151. The summed E-state index contributed by atoms with van der Waals surface area (Å²) in [5, 5.41) is 8.80. The monoisotopic (exact) mass is 247 g/mol. The van der Waals surface area contributed by atoms with E-state index in [0.29, 0.717) is 12.1 Å². The highest BCUT2D eigenvalue weighted by Crippen LogP contribution is 2.08. The number of carbonyl (C=O) groups is 1. The summed E-state index contributed by atoms with van der Waals surface area (Å²) >= 11 is 0. The maximum atomic E-state index is 11.9. The van der Waals surface area contributed by atoms with Crippen molar-refractivity contribution in [3.05, 3.63) is 35.4 Å². The Morgan fingerprint density at radius 3 is 2.89 bits per heavy atom. The van der Waals surface area contributed by atoms with Crippen LogP contribution in [0, 0.1) is 11.3 Å². The standard InChI is InChI=1S/C13H17N3O2/c1-16(13(17)12(8-15)18-2)9-11-5-3-4-10(6-11)7-14/h3-6,12H,8-9,15H2,1-2H3. The van der Waals surface area contributed by atoms with Gasteiger partial charge in [0, 0.05) is 27.2 Å². The van der Waals surface area contributed by atoms with Crippen molar-refractivity contribution in [3.8, 4) is 6.07 Å². The number of carbonyl (C=O) groups excluding carboxylic acids is 1. The molecule has 1 amide bonds. The molecule has 0 aliphatic carbocycles. The Kier molecular flexibility index (Phi) is 5.31.